The molecule has 0 aliphatic carbocycles. The lowest BCUT2D eigenvalue weighted by atomic mass is 10.0. The van der Waals surface area contributed by atoms with Gasteiger partial charge in [-0.25, -0.2) is 0 Å². The van der Waals surface area contributed by atoms with E-state index in [0.717, 1.165) is 83.5 Å². The number of nitrogens with one attached hydrogen (secondary N) is 1. The maximum Gasteiger partial charge on any atom is 0.306 e. The van der Waals surface area contributed by atoms with Crippen molar-refractivity contribution in [1.29, 1.82) is 0 Å². The molecule has 0 aliphatic heterocycles. The monoisotopic (exact) mass is 900 g/mol. The first-order chi connectivity index (χ1) is 31.5. The van der Waals surface area contributed by atoms with Gasteiger partial charge >= 0.3 is 5.97 Å². The summed E-state index contributed by atoms with van der Waals surface area (Å²) in [5.74, 6) is -0.481. The molecule has 0 saturated carbocycles. The predicted molar refractivity (Wildman–Crippen MR) is 278 cm³/mol. The number of ether oxygens (including phenoxy) is 1. The summed E-state index contributed by atoms with van der Waals surface area (Å²) in [4.78, 5) is 26.2. The number of amides is 1. The van der Waals surface area contributed by atoms with Crippen LogP contribution in [-0.4, -0.2) is 46.9 Å². The number of aliphatic hydroxyl groups is 2. The summed E-state index contributed by atoms with van der Waals surface area (Å²) < 4.78 is 5.95. The summed E-state index contributed by atoms with van der Waals surface area (Å²) in [7, 11) is 0. The van der Waals surface area contributed by atoms with Gasteiger partial charge in [0, 0.05) is 6.42 Å². The van der Waals surface area contributed by atoms with E-state index in [0.29, 0.717) is 19.3 Å². The van der Waals surface area contributed by atoms with Gasteiger partial charge in [0.25, 0.3) is 0 Å². The Kier molecular flexibility index (Phi) is 50.5. The number of carbonyl (C=O) groups excluding carboxylic acids is 2. The lowest BCUT2D eigenvalue weighted by Crippen LogP contribution is -2.46. The van der Waals surface area contributed by atoms with E-state index in [1.165, 1.54) is 167 Å². The quantitative estimate of drug-likeness (QED) is 0.0321. The number of hydrogen-bond acceptors (Lipinski definition) is 5. The van der Waals surface area contributed by atoms with Crippen LogP contribution in [0.4, 0.5) is 0 Å². The van der Waals surface area contributed by atoms with Crippen LogP contribution in [0.1, 0.15) is 297 Å². The second kappa shape index (κ2) is 52.1. The fourth-order valence-electron chi connectivity index (χ4n) is 8.74. The van der Waals surface area contributed by atoms with Crippen LogP contribution in [0.5, 0.6) is 0 Å². The van der Waals surface area contributed by atoms with Crippen molar-refractivity contribution >= 4 is 11.9 Å². The highest BCUT2D eigenvalue weighted by atomic mass is 16.5. The van der Waals surface area contributed by atoms with Gasteiger partial charge in [0.05, 0.1) is 25.2 Å². The van der Waals surface area contributed by atoms with Crippen LogP contribution < -0.4 is 5.32 Å². The van der Waals surface area contributed by atoms with Crippen LogP contribution in [0, 0.1) is 0 Å². The Morgan fingerprint density at radius 3 is 1.28 bits per heavy atom. The van der Waals surface area contributed by atoms with E-state index < -0.39 is 18.2 Å². The third-order valence-corrected chi connectivity index (χ3v) is 13.0. The minimum atomic E-state index is -0.792. The zero-order valence-corrected chi connectivity index (χ0v) is 42.9. The molecule has 0 aromatic heterocycles. The smallest absolute Gasteiger partial charge is 0.306 e. The lowest BCUT2D eigenvalue weighted by Gasteiger charge is -2.24. The van der Waals surface area contributed by atoms with E-state index in [1.54, 1.807) is 0 Å². The van der Waals surface area contributed by atoms with Gasteiger partial charge in [-0.2, -0.15) is 0 Å². The molecule has 0 aromatic carbocycles. The summed E-state index contributed by atoms with van der Waals surface area (Å²) >= 11 is 0. The molecule has 0 aromatic rings. The Balaban J connectivity index is 4.53. The highest BCUT2D eigenvalue weighted by molar-refractivity contribution is 5.77. The van der Waals surface area contributed by atoms with E-state index >= 15 is 0 Å². The van der Waals surface area contributed by atoms with Gasteiger partial charge in [0.1, 0.15) is 6.10 Å². The van der Waals surface area contributed by atoms with Gasteiger partial charge in [-0.1, -0.05) is 263 Å². The first-order valence-electron chi connectivity index (χ1n) is 28.2. The van der Waals surface area contributed by atoms with Crippen molar-refractivity contribution in [2.24, 2.45) is 0 Å². The third-order valence-electron chi connectivity index (χ3n) is 13.0. The van der Waals surface area contributed by atoms with Gasteiger partial charge in [-0.15, -0.1) is 0 Å². The number of aliphatic hydroxyl groups excluding tert-OH is 2. The molecule has 1 amide bonds. The Bertz CT molecular complexity index is 1060. The number of hydrogen-bond donors (Lipinski definition) is 3. The predicted octanol–water partition coefficient (Wildman–Crippen LogP) is 17.2. The molecular weight excluding hydrogens is 791 g/mol. The molecule has 3 N–H and O–H groups in total. The third kappa shape index (κ3) is 46.6. The molecule has 0 spiro atoms. The van der Waals surface area contributed by atoms with Crippen LogP contribution in [0.2, 0.25) is 0 Å². The first-order valence-corrected chi connectivity index (χ1v) is 28.2. The normalized spacial score (nSPS) is 13.4. The number of carbonyl (C=O) groups is 2. The van der Waals surface area contributed by atoms with Crippen molar-refractivity contribution < 1.29 is 24.5 Å². The minimum Gasteiger partial charge on any atom is -0.462 e. The summed E-state index contributed by atoms with van der Waals surface area (Å²) in [6.07, 6.45) is 62.1. The summed E-state index contributed by atoms with van der Waals surface area (Å²) in [6, 6.07) is -0.707. The first kappa shape index (κ1) is 62.1. The topological polar surface area (TPSA) is 95.9 Å². The molecule has 0 aliphatic rings. The Morgan fingerprint density at radius 1 is 0.469 bits per heavy atom. The zero-order valence-electron chi connectivity index (χ0n) is 42.9. The second-order valence-corrected chi connectivity index (χ2v) is 19.3. The molecule has 3 atom stereocenters. The van der Waals surface area contributed by atoms with Crippen LogP contribution >= 0.6 is 0 Å². The summed E-state index contributed by atoms with van der Waals surface area (Å²) in [6.45, 7) is 6.40. The Morgan fingerprint density at radius 2 is 0.844 bits per heavy atom. The van der Waals surface area contributed by atoms with E-state index in [1.807, 2.05) is 0 Å². The van der Waals surface area contributed by atoms with E-state index in [4.69, 9.17) is 4.74 Å². The highest BCUT2D eigenvalue weighted by Crippen LogP contribution is 2.19. The maximum absolute atomic E-state index is 13.2. The number of esters is 1. The standard InChI is InChI=1S/C58H109NO5/c1-4-7-10-13-16-19-22-25-28-30-32-35-38-41-44-47-50-56(61)55(53-60)59-57(62)52-54(49-46-43-40-37-34-31-27-24-21-18-15-12-9-6-3)64-58(63)51-48-45-42-39-36-33-29-26-23-20-17-14-11-8-5-2/h9,12,18,21,27,31,54-56,60-61H,4-8,10-11,13-17,19-20,22-26,28-30,32-53H2,1-3H3,(H,59,62)/b12-9+,21-18+,31-27+. The van der Waals surface area contributed by atoms with Crippen molar-refractivity contribution in [1.82, 2.24) is 5.32 Å². The SMILES string of the molecule is CC/C=C/C/C=C/C/C=C/CCCCCCC(CC(=O)NC(CO)C(O)CCCCCCCCCCCCCCCCCC)OC(=O)CCCCCCCCCCCCCCCCC. The molecule has 0 saturated heterocycles. The van der Waals surface area contributed by atoms with Gasteiger partial charge in [-0.3, -0.25) is 9.59 Å². The average molecular weight is 901 g/mol. The zero-order chi connectivity index (χ0) is 46.7. The van der Waals surface area contributed by atoms with Crippen LogP contribution in [0.25, 0.3) is 0 Å². The van der Waals surface area contributed by atoms with Gasteiger partial charge < -0.3 is 20.3 Å². The molecule has 0 bridgehead atoms. The molecule has 6 heteroatoms. The van der Waals surface area contributed by atoms with Gasteiger partial charge in [0.2, 0.25) is 5.91 Å². The molecular formula is C58H109NO5. The van der Waals surface area contributed by atoms with Crippen LogP contribution in [0.15, 0.2) is 36.5 Å². The Hall–Kier alpha value is -1.92. The molecule has 0 radical (unpaired) electrons. The van der Waals surface area contributed by atoms with E-state index in [2.05, 4.69) is 62.5 Å². The van der Waals surface area contributed by atoms with Crippen molar-refractivity contribution in [3.63, 3.8) is 0 Å². The fourth-order valence-corrected chi connectivity index (χ4v) is 8.74. The van der Waals surface area contributed by atoms with Crippen LogP contribution in [0.3, 0.4) is 0 Å². The molecule has 376 valence electrons. The van der Waals surface area contributed by atoms with Crippen LogP contribution in [-0.2, 0) is 14.3 Å². The van der Waals surface area contributed by atoms with Gasteiger partial charge in [0.15, 0.2) is 0 Å². The van der Waals surface area contributed by atoms with E-state index in [9.17, 15) is 19.8 Å². The van der Waals surface area contributed by atoms with Crippen molar-refractivity contribution in [2.75, 3.05) is 6.61 Å². The molecule has 6 nitrogen and oxygen atoms in total. The Labute approximate surface area is 398 Å². The van der Waals surface area contributed by atoms with Crippen molar-refractivity contribution in [3.05, 3.63) is 36.5 Å². The van der Waals surface area contributed by atoms with Gasteiger partial charge in [-0.05, 0) is 57.8 Å². The van der Waals surface area contributed by atoms with E-state index in [-0.39, 0.29) is 24.9 Å². The van der Waals surface area contributed by atoms with Crippen molar-refractivity contribution in [2.45, 2.75) is 315 Å². The number of allylic oxidation sites excluding steroid dienone is 6. The summed E-state index contributed by atoms with van der Waals surface area (Å²) in [5.41, 5.74) is 0. The largest absolute Gasteiger partial charge is 0.462 e. The maximum atomic E-state index is 13.2. The summed E-state index contributed by atoms with van der Waals surface area (Å²) in [5, 5.41) is 23.9. The minimum absolute atomic E-state index is 0.0668. The molecule has 0 rings (SSSR count). The molecule has 64 heavy (non-hydrogen) atoms. The average Bonchev–Trinajstić information content (AvgIpc) is 3.29. The highest BCUT2D eigenvalue weighted by Gasteiger charge is 2.24. The number of rotatable bonds is 51. The second-order valence-electron chi connectivity index (χ2n) is 19.3. The molecule has 0 fully saturated rings. The molecule has 0 heterocycles. The molecule has 3 unspecified atom stereocenters. The van der Waals surface area contributed by atoms with Crippen molar-refractivity contribution in [3.8, 4) is 0 Å². The fraction of sp³-hybridized carbons (Fsp3) is 0.862. The lowest BCUT2D eigenvalue weighted by molar-refractivity contribution is -0.151. The number of unbranched alkanes of at least 4 members (excludes halogenated alkanes) is 33.